The van der Waals surface area contributed by atoms with E-state index in [9.17, 15) is 0 Å². The molecule has 0 N–H and O–H groups in total. The molecule has 0 saturated carbocycles. The summed E-state index contributed by atoms with van der Waals surface area (Å²) in [7, 11) is 0. The summed E-state index contributed by atoms with van der Waals surface area (Å²) in [5.74, 6) is 0.795. The van der Waals surface area contributed by atoms with Gasteiger partial charge in [-0.3, -0.25) is 4.40 Å². The van der Waals surface area contributed by atoms with Crippen LogP contribution >= 0.6 is 0 Å². The average molecular weight is 342 g/mol. The van der Waals surface area contributed by atoms with E-state index in [0.29, 0.717) is 0 Å². The number of azo groups is 1. The van der Waals surface area contributed by atoms with Gasteiger partial charge in [-0.1, -0.05) is 63.2 Å². The normalized spacial score (nSPS) is 12.5. The topological polar surface area (TPSA) is 42.0 Å². The van der Waals surface area contributed by atoms with Crippen LogP contribution in [0.4, 0.5) is 11.5 Å². The van der Waals surface area contributed by atoms with Crippen molar-refractivity contribution in [3.05, 3.63) is 72.1 Å². The van der Waals surface area contributed by atoms with Crippen LogP contribution in [0.1, 0.15) is 32.0 Å². The van der Waals surface area contributed by atoms with E-state index >= 15 is 0 Å². The van der Waals surface area contributed by atoms with E-state index in [0.717, 1.165) is 39.2 Å². The Balaban J connectivity index is 1.91. The third-order valence-electron chi connectivity index (χ3n) is 4.47. The Kier molecular flexibility index (Phi) is 3.83. The summed E-state index contributed by atoms with van der Waals surface area (Å²) in [6.07, 6.45) is 2.06. The Bertz CT molecular complexity index is 1120. The van der Waals surface area contributed by atoms with Crippen LogP contribution in [-0.4, -0.2) is 9.38 Å². The third kappa shape index (κ3) is 2.88. The zero-order valence-corrected chi connectivity index (χ0v) is 15.6. The second kappa shape index (κ2) is 6.06. The lowest BCUT2D eigenvalue weighted by Crippen LogP contribution is -2.11. The van der Waals surface area contributed by atoms with Crippen molar-refractivity contribution in [2.75, 3.05) is 0 Å². The lowest BCUT2D eigenvalue weighted by molar-refractivity contribution is 0.574. The second-order valence-corrected chi connectivity index (χ2v) is 7.67. The molecule has 0 aliphatic carbocycles. The molecule has 4 heteroatoms. The summed E-state index contributed by atoms with van der Waals surface area (Å²) >= 11 is 0. The molecule has 2 aromatic heterocycles. The Labute approximate surface area is 153 Å². The summed E-state index contributed by atoms with van der Waals surface area (Å²) in [5, 5.41) is 11.5. The van der Waals surface area contributed by atoms with Crippen molar-refractivity contribution in [3.8, 4) is 0 Å². The monoisotopic (exact) mass is 342 g/mol. The molecule has 130 valence electrons. The smallest absolute Gasteiger partial charge is 0.183 e. The molecule has 0 aliphatic heterocycles. The van der Waals surface area contributed by atoms with Crippen LogP contribution in [0.5, 0.6) is 0 Å². The summed E-state index contributed by atoms with van der Waals surface area (Å²) in [6, 6.07) is 18.4. The Morgan fingerprint density at radius 1 is 0.885 bits per heavy atom. The standard InChI is InChI=1S/C22H22N4/c1-15-12-13-19-23-20(22(2,3)4)21(26(19)14-15)25-24-18-11-7-9-16-8-5-6-10-17(16)18/h5-14H,1-4H3. The zero-order chi connectivity index (χ0) is 18.3. The number of aryl methyl sites for hydroxylation is 1. The average Bonchev–Trinajstić information content (AvgIpc) is 2.98. The van der Waals surface area contributed by atoms with Crippen LogP contribution in [0.2, 0.25) is 0 Å². The molecule has 0 bridgehead atoms. The number of pyridine rings is 1. The number of hydrogen-bond donors (Lipinski definition) is 0. The molecule has 2 heterocycles. The number of fused-ring (bicyclic) bond motifs is 2. The van der Waals surface area contributed by atoms with E-state index in [1.807, 2.05) is 34.7 Å². The molecule has 0 spiro atoms. The van der Waals surface area contributed by atoms with Crippen molar-refractivity contribution in [1.29, 1.82) is 0 Å². The lowest BCUT2D eigenvalue weighted by atomic mass is 9.92. The van der Waals surface area contributed by atoms with Gasteiger partial charge in [-0.25, -0.2) is 4.98 Å². The number of aromatic nitrogens is 2. The molecule has 0 aliphatic rings. The van der Waals surface area contributed by atoms with Crippen LogP contribution in [0.25, 0.3) is 16.4 Å². The summed E-state index contributed by atoms with van der Waals surface area (Å²) in [5.41, 5.74) is 3.76. The van der Waals surface area contributed by atoms with Gasteiger partial charge in [0.05, 0.1) is 11.4 Å². The van der Waals surface area contributed by atoms with E-state index < -0.39 is 0 Å². The van der Waals surface area contributed by atoms with Crippen molar-refractivity contribution >= 4 is 27.9 Å². The minimum absolute atomic E-state index is 0.118. The molecule has 0 fully saturated rings. The predicted octanol–water partition coefficient (Wildman–Crippen LogP) is 6.51. The maximum absolute atomic E-state index is 4.81. The van der Waals surface area contributed by atoms with Gasteiger partial charge in [0.2, 0.25) is 0 Å². The molecule has 0 atom stereocenters. The SMILES string of the molecule is Cc1ccc2nc(C(C)(C)C)c(N=Nc3cccc4ccccc34)n2c1. The summed E-state index contributed by atoms with van der Waals surface area (Å²) in [4.78, 5) is 4.81. The molecular weight excluding hydrogens is 320 g/mol. The van der Waals surface area contributed by atoms with Crippen LogP contribution in [-0.2, 0) is 5.41 Å². The van der Waals surface area contributed by atoms with E-state index in [2.05, 4.69) is 68.4 Å². The zero-order valence-electron chi connectivity index (χ0n) is 15.6. The van der Waals surface area contributed by atoms with Crippen LogP contribution in [0.15, 0.2) is 71.0 Å². The van der Waals surface area contributed by atoms with Gasteiger partial charge in [-0.15, -0.1) is 10.2 Å². The van der Waals surface area contributed by atoms with E-state index in [-0.39, 0.29) is 5.41 Å². The maximum Gasteiger partial charge on any atom is 0.183 e. The number of benzene rings is 2. The van der Waals surface area contributed by atoms with Gasteiger partial charge in [-0.2, -0.15) is 0 Å². The summed E-state index contributed by atoms with van der Waals surface area (Å²) < 4.78 is 2.03. The van der Waals surface area contributed by atoms with E-state index in [4.69, 9.17) is 4.98 Å². The summed E-state index contributed by atoms with van der Waals surface area (Å²) in [6.45, 7) is 8.53. The van der Waals surface area contributed by atoms with Crippen LogP contribution < -0.4 is 0 Å². The van der Waals surface area contributed by atoms with Gasteiger partial charge in [0.1, 0.15) is 5.65 Å². The minimum Gasteiger partial charge on any atom is -0.283 e. The van der Waals surface area contributed by atoms with E-state index in [1.165, 1.54) is 0 Å². The fraction of sp³-hybridized carbons (Fsp3) is 0.227. The highest BCUT2D eigenvalue weighted by Crippen LogP contribution is 2.34. The van der Waals surface area contributed by atoms with Gasteiger partial charge in [0, 0.05) is 17.0 Å². The second-order valence-electron chi connectivity index (χ2n) is 7.67. The Morgan fingerprint density at radius 3 is 2.46 bits per heavy atom. The molecular formula is C22H22N4. The number of nitrogens with zero attached hydrogens (tertiary/aromatic N) is 4. The minimum atomic E-state index is -0.118. The van der Waals surface area contributed by atoms with Crippen molar-refractivity contribution in [3.63, 3.8) is 0 Å². The third-order valence-corrected chi connectivity index (χ3v) is 4.47. The van der Waals surface area contributed by atoms with Crippen LogP contribution in [0, 0.1) is 6.92 Å². The Morgan fingerprint density at radius 2 is 1.65 bits per heavy atom. The lowest BCUT2D eigenvalue weighted by Gasteiger charge is -2.15. The maximum atomic E-state index is 4.81. The molecule has 4 rings (SSSR count). The number of hydrogen-bond acceptors (Lipinski definition) is 3. The molecule has 0 unspecified atom stereocenters. The van der Waals surface area contributed by atoms with Gasteiger partial charge in [0.25, 0.3) is 0 Å². The van der Waals surface area contributed by atoms with Crippen LogP contribution in [0.3, 0.4) is 0 Å². The van der Waals surface area contributed by atoms with Gasteiger partial charge in [0.15, 0.2) is 5.82 Å². The number of rotatable bonds is 2. The molecule has 26 heavy (non-hydrogen) atoms. The quantitative estimate of drug-likeness (QED) is 0.383. The van der Waals surface area contributed by atoms with Crippen molar-refractivity contribution < 1.29 is 0 Å². The highest BCUT2D eigenvalue weighted by atomic mass is 15.2. The fourth-order valence-corrected chi connectivity index (χ4v) is 3.13. The van der Waals surface area contributed by atoms with Gasteiger partial charge < -0.3 is 0 Å². The van der Waals surface area contributed by atoms with E-state index in [1.54, 1.807) is 0 Å². The van der Waals surface area contributed by atoms with Crippen molar-refractivity contribution in [2.45, 2.75) is 33.1 Å². The number of imidazole rings is 1. The molecule has 0 radical (unpaired) electrons. The highest BCUT2D eigenvalue weighted by Gasteiger charge is 2.24. The van der Waals surface area contributed by atoms with Gasteiger partial charge >= 0.3 is 0 Å². The first-order valence-corrected chi connectivity index (χ1v) is 8.82. The fourth-order valence-electron chi connectivity index (χ4n) is 3.13. The van der Waals surface area contributed by atoms with Gasteiger partial charge in [-0.05, 0) is 30.0 Å². The predicted molar refractivity (Wildman–Crippen MR) is 107 cm³/mol. The molecule has 0 saturated heterocycles. The molecule has 2 aromatic carbocycles. The Hall–Kier alpha value is -3.01. The van der Waals surface area contributed by atoms with Crippen molar-refractivity contribution in [2.24, 2.45) is 10.2 Å². The molecule has 0 amide bonds. The largest absolute Gasteiger partial charge is 0.283 e. The first-order valence-electron chi connectivity index (χ1n) is 8.82. The van der Waals surface area contributed by atoms with Crippen molar-refractivity contribution in [1.82, 2.24) is 9.38 Å². The highest BCUT2D eigenvalue weighted by molar-refractivity contribution is 5.92. The molecule has 4 nitrogen and oxygen atoms in total. The first-order chi connectivity index (χ1) is 12.4. The molecule has 4 aromatic rings. The first kappa shape index (κ1) is 16.5.